The molecule has 29 heavy (non-hydrogen) atoms. The van der Waals surface area contributed by atoms with Crippen molar-refractivity contribution in [2.24, 2.45) is 0 Å². The molecule has 0 unspecified atom stereocenters. The Balaban J connectivity index is 1.43. The van der Waals surface area contributed by atoms with Gasteiger partial charge in [-0.15, -0.1) is 11.8 Å². The van der Waals surface area contributed by atoms with Gasteiger partial charge in [0.15, 0.2) is 0 Å². The lowest BCUT2D eigenvalue weighted by atomic mass is 10.0. The first-order valence-electron chi connectivity index (χ1n) is 9.18. The van der Waals surface area contributed by atoms with Crippen molar-refractivity contribution in [2.75, 3.05) is 5.75 Å². The van der Waals surface area contributed by atoms with E-state index in [1.54, 1.807) is 23.9 Å². The van der Waals surface area contributed by atoms with E-state index in [1.165, 1.54) is 35.4 Å². The highest BCUT2D eigenvalue weighted by Gasteiger charge is 2.23. The molecule has 0 saturated heterocycles. The number of nitrogens with one attached hydrogen (secondary N) is 2. The number of carbonyl (C=O) groups is 1. The predicted octanol–water partition coefficient (Wildman–Crippen LogP) is 3.73. The quantitative estimate of drug-likeness (QED) is 0.625. The number of fused-ring (bicyclic) bond motifs is 1. The van der Waals surface area contributed by atoms with E-state index < -0.39 is 10.0 Å². The standard InChI is InChI=1S/C21H20N2O4S2/c24-21(23-19-11-13-28-20-6-2-1-5-18(19)20)15-7-9-17(10-8-15)29(25,26)22-14-16-4-3-12-27-16/h1-10,12,19,22H,11,13-14H2,(H,23,24)/t19-/m1/s1. The fraction of sp³-hybridized carbons (Fsp3) is 0.190. The molecule has 0 fully saturated rings. The average molecular weight is 429 g/mol. The molecule has 2 aromatic carbocycles. The van der Waals surface area contributed by atoms with E-state index >= 15 is 0 Å². The third-order valence-electron chi connectivity index (χ3n) is 4.71. The van der Waals surface area contributed by atoms with Crippen molar-refractivity contribution in [3.8, 4) is 0 Å². The Labute approximate surface area is 173 Å². The molecule has 0 bridgehead atoms. The summed E-state index contributed by atoms with van der Waals surface area (Å²) in [6.07, 6.45) is 2.34. The normalized spacial score (nSPS) is 16.2. The van der Waals surface area contributed by atoms with Gasteiger partial charge in [-0.05, 0) is 54.4 Å². The van der Waals surface area contributed by atoms with Crippen molar-refractivity contribution < 1.29 is 17.6 Å². The van der Waals surface area contributed by atoms with Gasteiger partial charge in [0.1, 0.15) is 5.76 Å². The Morgan fingerprint density at radius 1 is 1.07 bits per heavy atom. The minimum Gasteiger partial charge on any atom is -0.468 e. The number of hydrogen-bond acceptors (Lipinski definition) is 5. The molecule has 1 amide bonds. The summed E-state index contributed by atoms with van der Waals surface area (Å²) in [7, 11) is -3.69. The van der Waals surface area contributed by atoms with Crippen LogP contribution in [0.15, 0.2) is 81.1 Å². The minimum absolute atomic E-state index is 0.0432. The maximum absolute atomic E-state index is 12.7. The zero-order valence-corrected chi connectivity index (χ0v) is 17.1. The molecule has 1 aliphatic rings. The number of hydrogen-bond donors (Lipinski definition) is 2. The van der Waals surface area contributed by atoms with Crippen LogP contribution in [0.3, 0.4) is 0 Å². The molecule has 4 rings (SSSR count). The Bertz CT molecular complexity index is 1090. The van der Waals surface area contributed by atoms with Gasteiger partial charge in [0.05, 0.1) is 23.7 Å². The van der Waals surface area contributed by atoms with Crippen LogP contribution in [-0.2, 0) is 16.6 Å². The van der Waals surface area contributed by atoms with Crippen molar-refractivity contribution in [1.29, 1.82) is 0 Å². The first-order valence-corrected chi connectivity index (χ1v) is 11.6. The fourth-order valence-electron chi connectivity index (χ4n) is 3.18. The van der Waals surface area contributed by atoms with Crippen LogP contribution >= 0.6 is 11.8 Å². The minimum atomic E-state index is -3.69. The second kappa shape index (κ2) is 8.44. The maximum atomic E-state index is 12.7. The molecule has 2 N–H and O–H groups in total. The summed E-state index contributed by atoms with van der Waals surface area (Å²) >= 11 is 1.79. The van der Waals surface area contributed by atoms with E-state index in [0.29, 0.717) is 11.3 Å². The van der Waals surface area contributed by atoms with Crippen molar-refractivity contribution >= 4 is 27.7 Å². The van der Waals surface area contributed by atoms with Gasteiger partial charge in [-0.2, -0.15) is 0 Å². The zero-order chi connectivity index (χ0) is 20.3. The van der Waals surface area contributed by atoms with Crippen LogP contribution in [0.25, 0.3) is 0 Å². The van der Waals surface area contributed by atoms with Crippen molar-refractivity contribution in [2.45, 2.75) is 28.8 Å². The molecule has 1 atom stereocenters. The summed E-state index contributed by atoms with van der Waals surface area (Å²) in [6, 6.07) is 17.3. The predicted molar refractivity (Wildman–Crippen MR) is 111 cm³/mol. The van der Waals surface area contributed by atoms with Crippen LogP contribution in [0.2, 0.25) is 0 Å². The number of benzene rings is 2. The summed E-state index contributed by atoms with van der Waals surface area (Å²) in [5.41, 5.74) is 1.55. The van der Waals surface area contributed by atoms with Crippen LogP contribution in [0, 0.1) is 0 Å². The van der Waals surface area contributed by atoms with Crippen LogP contribution < -0.4 is 10.0 Å². The van der Waals surface area contributed by atoms with Crippen LogP contribution in [0.5, 0.6) is 0 Å². The van der Waals surface area contributed by atoms with E-state index in [-0.39, 0.29) is 23.4 Å². The van der Waals surface area contributed by atoms with Gasteiger partial charge in [0.2, 0.25) is 10.0 Å². The van der Waals surface area contributed by atoms with Gasteiger partial charge < -0.3 is 9.73 Å². The third kappa shape index (κ3) is 4.55. The smallest absolute Gasteiger partial charge is 0.251 e. The highest BCUT2D eigenvalue weighted by Crippen LogP contribution is 2.35. The molecule has 8 heteroatoms. The molecule has 0 spiro atoms. The number of rotatable bonds is 6. The summed E-state index contributed by atoms with van der Waals surface area (Å²) < 4.78 is 32.4. The molecule has 0 saturated carbocycles. The van der Waals surface area contributed by atoms with E-state index in [4.69, 9.17) is 4.42 Å². The second-order valence-electron chi connectivity index (χ2n) is 6.63. The van der Waals surface area contributed by atoms with Crippen LogP contribution in [0.4, 0.5) is 0 Å². The highest BCUT2D eigenvalue weighted by molar-refractivity contribution is 7.99. The summed E-state index contributed by atoms with van der Waals surface area (Å²) in [5, 5.41) is 3.06. The molecule has 0 aliphatic carbocycles. The Morgan fingerprint density at radius 3 is 2.62 bits per heavy atom. The SMILES string of the molecule is O=C(N[C@@H]1CCSc2ccccc21)c1ccc(S(=O)(=O)NCc2ccco2)cc1. The van der Waals surface area contributed by atoms with Crippen molar-refractivity contribution in [3.05, 3.63) is 83.8 Å². The molecular formula is C21H20N2O4S2. The maximum Gasteiger partial charge on any atom is 0.251 e. The summed E-state index contributed by atoms with van der Waals surface area (Å²) in [4.78, 5) is 14.0. The molecular weight excluding hydrogens is 408 g/mol. The third-order valence-corrected chi connectivity index (χ3v) is 7.25. The van der Waals surface area contributed by atoms with E-state index in [1.807, 2.05) is 18.2 Å². The summed E-state index contributed by atoms with van der Waals surface area (Å²) in [6.45, 7) is 0.0661. The first kappa shape index (κ1) is 19.8. The largest absolute Gasteiger partial charge is 0.468 e. The number of sulfonamides is 1. The molecule has 2 heterocycles. The van der Waals surface area contributed by atoms with Crippen molar-refractivity contribution in [3.63, 3.8) is 0 Å². The van der Waals surface area contributed by atoms with E-state index in [0.717, 1.165) is 17.7 Å². The Hall–Kier alpha value is -2.55. The molecule has 0 radical (unpaired) electrons. The van der Waals surface area contributed by atoms with E-state index in [9.17, 15) is 13.2 Å². The zero-order valence-electron chi connectivity index (χ0n) is 15.5. The number of furan rings is 1. The van der Waals surface area contributed by atoms with Gasteiger partial charge in [-0.3, -0.25) is 4.79 Å². The second-order valence-corrected chi connectivity index (χ2v) is 9.53. The highest BCUT2D eigenvalue weighted by atomic mass is 32.2. The van der Waals surface area contributed by atoms with Crippen LogP contribution in [-0.4, -0.2) is 20.1 Å². The molecule has 1 aliphatic heterocycles. The monoisotopic (exact) mass is 428 g/mol. The lowest BCUT2D eigenvalue weighted by molar-refractivity contribution is 0.0935. The topological polar surface area (TPSA) is 88.4 Å². The molecule has 6 nitrogen and oxygen atoms in total. The van der Waals surface area contributed by atoms with Gasteiger partial charge >= 0.3 is 0 Å². The number of carbonyl (C=O) groups excluding carboxylic acids is 1. The lowest BCUT2D eigenvalue weighted by Gasteiger charge is -2.25. The van der Waals surface area contributed by atoms with Gasteiger partial charge in [-0.1, -0.05) is 18.2 Å². The molecule has 3 aromatic rings. The summed E-state index contributed by atoms with van der Waals surface area (Å²) in [5.74, 6) is 1.25. The number of amides is 1. The number of thioether (sulfide) groups is 1. The van der Waals surface area contributed by atoms with E-state index in [2.05, 4.69) is 16.1 Å². The Kier molecular flexibility index (Phi) is 5.75. The van der Waals surface area contributed by atoms with Crippen LogP contribution in [0.1, 0.15) is 34.1 Å². The molecule has 150 valence electrons. The Morgan fingerprint density at radius 2 is 1.86 bits per heavy atom. The fourth-order valence-corrected chi connectivity index (χ4v) is 5.30. The average Bonchev–Trinajstić information content (AvgIpc) is 3.26. The lowest BCUT2D eigenvalue weighted by Crippen LogP contribution is -2.30. The first-order chi connectivity index (χ1) is 14.0. The van der Waals surface area contributed by atoms with Gasteiger partial charge in [-0.25, -0.2) is 13.1 Å². The van der Waals surface area contributed by atoms with Gasteiger partial charge in [0.25, 0.3) is 5.91 Å². The molecule has 1 aromatic heterocycles. The van der Waals surface area contributed by atoms with Crippen molar-refractivity contribution in [1.82, 2.24) is 10.0 Å². The van der Waals surface area contributed by atoms with Gasteiger partial charge in [0, 0.05) is 16.2 Å².